The first kappa shape index (κ1) is 16.1. The number of benzene rings is 1. The Hall–Kier alpha value is -1.95. The van der Waals surface area contributed by atoms with Crippen molar-refractivity contribution in [3.63, 3.8) is 0 Å². The maximum absolute atomic E-state index is 11.6. The molecule has 110 valence electrons. The number of para-hydroxylation sites is 1. The van der Waals surface area contributed by atoms with Crippen LogP contribution in [-0.4, -0.2) is 23.9 Å². The Kier molecular flexibility index (Phi) is 6.11. The van der Waals surface area contributed by atoms with Crippen LogP contribution in [0.1, 0.15) is 32.4 Å². The zero-order valence-corrected chi connectivity index (χ0v) is 12.1. The molecule has 0 fully saturated rings. The van der Waals surface area contributed by atoms with E-state index in [2.05, 4.69) is 10.6 Å². The molecule has 0 aliphatic carbocycles. The van der Waals surface area contributed by atoms with Crippen molar-refractivity contribution in [3.05, 3.63) is 39.9 Å². The maximum Gasteiger partial charge on any atom is 0.274 e. The molecule has 1 atom stereocenters. The fourth-order valence-corrected chi connectivity index (χ4v) is 1.76. The zero-order chi connectivity index (χ0) is 15.1. The zero-order valence-electron chi connectivity index (χ0n) is 12.1. The average molecular weight is 279 g/mol. The van der Waals surface area contributed by atoms with Gasteiger partial charge in [-0.3, -0.25) is 14.9 Å². The third-order valence-electron chi connectivity index (χ3n) is 2.88. The molecular weight excluding hydrogens is 258 g/mol. The fraction of sp³-hybridized carbons (Fsp3) is 0.500. The lowest BCUT2D eigenvalue weighted by Crippen LogP contribution is -2.36. The van der Waals surface area contributed by atoms with Crippen molar-refractivity contribution in [2.75, 3.05) is 13.1 Å². The molecule has 0 saturated heterocycles. The number of carbonyl (C=O) groups is 1. The summed E-state index contributed by atoms with van der Waals surface area (Å²) in [7, 11) is 0. The highest BCUT2D eigenvalue weighted by Crippen LogP contribution is 2.23. The van der Waals surface area contributed by atoms with Crippen molar-refractivity contribution >= 4 is 11.6 Å². The van der Waals surface area contributed by atoms with E-state index in [1.165, 1.54) is 6.07 Å². The molecule has 1 unspecified atom stereocenters. The SMILES string of the molecule is CC(C)CNC(=O)CNC(C)c1ccccc1[N+](=O)[O-]. The number of nitro groups is 1. The van der Waals surface area contributed by atoms with Crippen molar-refractivity contribution < 1.29 is 9.72 Å². The summed E-state index contributed by atoms with van der Waals surface area (Å²) in [5, 5.41) is 16.7. The van der Waals surface area contributed by atoms with Crippen LogP contribution in [0.2, 0.25) is 0 Å². The lowest BCUT2D eigenvalue weighted by molar-refractivity contribution is -0.385. The van der Waals surface area contributed by atoms with E-state index in [0.29, 0.717) is 18.0 Å². The number of nitro benzene ring substituents is 1. The van der Waals surface area contributed by atoms with E-state index < -0.39 is 4.92 Å². The van der Waals surface area contributed by atoms with Crippen LogP contribution < -0.4 is 10.6 Å². The summed E-state index contributed by atoms with van der Waals surface area (Å²) in [5.74, 6) is 0.288. The molecule has 0 aliphatic heterocycles. The predicted molar refractivity (Wildman–Crippen MR) is 77.4 cm³/mol. The van der Waals surface area contributed by atoms with E-state index in [-0.39, 0.29) is 24.2 Å². The van der Waals surface area contributed by atoms with Crippen molar-refractivity contribution in [1.29, 1.82) is 0 Å². The fourth-order valence-electron chi connectivity index (χ4n) is 1.76. The lowest BCUT2D eigenvalue weighted by Gasteiger charge is -2.14. The van der Waals surface area contributed by atoms with Gasteiger partial charge >= 0.3 is 0 Å². The molecule has 0 aliphatic rings. The summed E-state index contributed by atoms with van der Waals surface area (Å²) in [6, 6.07) is 6.28. The van der Waals surface area contributed by atoms with Crippen molar-refractivity contribution in [3.8, 4) is 0 Å². The van der Waals surface area contributed by atoms with Crippen molar-refractivity contribution in [1.82, 2.24) is 10.6 Å². The first-order valence-electron chi connectivity index (χ1n) is 6.65. The Labute approximate surface area is 118 Å². The number of nitrogens with zero attached hydrogens (tertiary/aromatic N) is 1. The highest BCUT2D eigenvalue weighted by atomic mass is 16.6. The number of nitrogens with one attached hydrogen (secondary N) is 2. The van der Waals surface area contributed by atoms with Crippen LogP contribution >= 0.6 is 0 Å². The first-order valence-corrected chi connectivity index (χ1v) is 6.65. The third-order valence-corrected chi connectivity index (χ3v) is 2.88. The Bertz CT molecular complexity index is 474. The molecule has 20 heavy (non-hydrogen) atoms. The van der Waals surface area contributed by atoms with Crippen LogP contribution in [-0.2, 0) is 4.79 Å². The second-order valence-electron chi connectivity index (χ2n) is 5.12. The predicted octanol–water partition coefficient (Wildman–Crippen LogP) is 2.02. The molecular formula is C14H21N3O3. The van der Waals surface area contributed by atoms with E-state index in [0.717, 1.165) is 0 Å². The molecule has 0 bridgehead atoms. The Morgan fingerprint density at radius 1 is 1.30 bits per heavy atom. The van der Waals surface area contributed by atoms with Crippen molar-refractivity contribution in [2.24, 2.45) is 5.92 Å². The highest BCUT2D eigenvalue weighted by Gasteiger charge is 2.18. The molecule has 0 aromatic heterocycles. The molecule has 6 heteroatoms. The minimum atomic E-state index is -0.410. The van der Waals surface area contributed by atoms with Gasteiger partial charge in [-0.15, -0.1) is 0 Å². The van der Waals surface area contributed by atoms with Gasteiger partial charge in [0.25, 0.3) is 5.69 Å². The monoisotopic (exact) mass is 279 g/mol. The van der Waals surface area contributed by atoms with Gasteiger partial charge in [0.15, 0.2) is 0 Å². The van der Waals surface area contributed by atoms with Crippen LogP contribution in [0.25, 0.3) is 0 Å². The quantitative estimate of drug-likeness (QED) is 0.590. The molecule has 1 rings (SSSR count). The van der Waals surface area contributed by atoms with Gasteiger partial charge in [-0.05, 0) is 12.8 Å². The van der Waals surface area contributed by atoms with Crippen LogP contribution in [0.3, 0.4) is 0 Å². The second kappa shape index (κ2) is 7.59. The van der Waals surface area contributed by atoms with Gasteiger partial charge in [0.2, 0.25) is 5.91 Å². The van der Waals surface area contributed by atoms with E-state index in [4.69, 9.17) is 0 Å². The summed E-state index contributed by atoms with van der Waals surface area (Å²) < 4.78 is 0. The standard InChI is InChI=1S/C14H21N3O3/c1-10(2)8-16-14(18)9-15-11(3)12-6-4-5-7-13(12)17(19)20/h4-7,10-11,15H,8-9H2,1-3H3,(H,16,18). The summed E-state index contributed by atoms with van der Waals surface area (Å²) in [4.78, 5) is 22.1. The van der Waals surface area contributed by atoms with Gasteiger partial charge in [0, 0.05) is 24.2 Å². The first-order chi connectivity index (χ1) is 9.41. The smallest absolute Gasteiger partial charge is 0.274 e. The second-order valence-corrected chi connectivity index (χ2v) is 5.12. The van der Waals surface area contributed by atoms with Crippen LogP contribution in [0.4, 0.5) is 5.69 Å². The average Bonchev–Trinajstić information content (AvgIpc) is 2.42. The van der Waals surface area contributed by atoms with E-state index in [1.807, 2.05) is 13.8 Å². The summed E-state index contributed by atoms with van der Waals surface area (Å²) in [5.41, 5.74) is 0.643. The number of rotatable bonds is 7. The normalized spacial score (nSPS) is 12.2. The number of hydrogen-bond donors (Lipinski definition) is 2. The maximum atomic E-state index is 11.6. The molecule has 0 heterocycles. The van der Waals surface area contributed by atoms with Gasteiger partial charge in [-0.2, -0.15) is 0 Å². The number of carbonyl (C=O) groups excluding carboxylic acids is 1. The molecule has 1 aromatic carbocycles. The Morgan fingerprint density at radius 3 is 2.55 bits per heavy atom. The molecule has 0 spiro atoms. The topological polar surface area (TPSA) is 84.3 Å². The van der Waals surface area contributed by atoms with E-state index in [9.17, 15) is 14.9 Å². The third kappa shape index (κ3) is 4.97. The van der Waals surface area contributed by atoms with E-state index >= 15 is 0 Å². The molecule has 0 saturated carbocycles. The van der Waals surface area contributed by atoms with Crippen LogP contribution in [0, 0.1) is 16.0 Å². The van der Waals surface area contributed by atoms with Gasteiger partial charge in [0.05, 0.1) is 11.5 Å². The molecule has 6 nitrogen and oxygen atoms in total. The largest absolute Gasteiger partial charge is 0.355 e. The number of hydrogen-bond acceptors (Lipinski definition) is 4. The van der Waals surface area contributed by atoms with Gasteiger partial charge < -0.3 is 10.6 Å². The summed E-state index contributed by atoms with van der Waals surface area (Å²) in [6.45, 7) is 6.60. The molecule has 2 N–H and O–H groups in total. The minimum Gasteiger partial charge on any atom is -0.355 e. The molecule has 1 aromatic rings. The number of amides is 1. The minimum absolute atomic E-state index is 0.0649. The van der Waals surface area contributed by atoms with Crippen LogP contribution in [0.5, 0.6) is 0 Å². The Balaban J connectivity index is 2.57. The van der Waals surface area contributed by atoms with Crippen LogP contribution in [0.15, 0.2) is 24.3 Å². The summed E-state index contributed by atoms with van der Waals surface area (Å²) in [6.07, 6.45) is 0. The Morgan fingerprint density at radius 2 is 1.95 bits per heavy atom. The van der Waals surface area contributed by atoms with Gasteiger partial charge in [-0.1, -0.05) is 32.0 Å². The van der Waals surface area contributed by atoms with Crippen molar-refractivity contribution in [2.45, 2.75) is 26.8 Å². The highest BCUT2D eigenvalue weighted by molar-refractivity contribution is 5.78. The van der Waals surface area contributed by atoms with Gasteiger partial charge in [0.1, 0.15) is 0 Å². The summed E-state index contributed by atoms with van der Waals surface area (Å²) >= 11 is 0. The van der Waals surface area contributed by atoms with E-state index in [1.54, 1.807) is 25.1 Å². The van der Waals surface area contributed by atoms with Gasteiger partial charge in [-0.25, -0.2) is 0 Å². The molecule has 1 amide bonds. The molecule has 0 radical (unpaired) electrons. The lowest BCUT2D eigenvalue weighted by atomic mass is 10.1.